The molecule has 0 heterocycles. The van der Waals surface area contributed by atoms with E-state index >= 15 is 0 Å². The summed E-state index contributed by atoms with van der Waals surface area (Å²) in [6.07, 6.45) is 3.42. The quantitative estimate of drug-likeness (QED) is 0.614. The highest BCUT2D eigenvalue weighted by Crippen LogP contribution is 2.11. The van der Waals surface area contributed by atoms with E-state index in [0.29, 0.717) is 5.92 Å². The largest absolute Gasteiger partial charge is 0.330 e. The van der Waals surface area contributed by atoms with Gasteiger partial charge >= 0.3 is 0 Å². The highest BCUT2D eigenvalue weighted by Gasteiger charge is 2.05. The summed E-state index contributed by atoms with van der Waals surface area (Å²) in [5, 5.41) is 0. The van der Waals surface area contributed by atoms with Crippen LogP contribution in [0.3, 0.4) is 0 Å². The van der Waals surface area contributed by atoms with Crippen molar-refractivity contribution in [3.8, 4) is 0 Å². The molecule has 1 nitrogen and oxygen atoms in total. The van der Waals surface area contributed by atoms with Crippen LogP contribution in [-0.2, 0) is 0 Å². The first-order valence-corrected chi connectivity index (χ1v) is 3.70. The number of hydrogen-bond donors (Lipinski definition) is 1. The second-order valence-electron chi connectivity index (χ2n) is 2.96. The van der Waals surface area contributed by atoms with Gasteiger partial charge in [-0.2, -0.15) is 0 Å². The predicted molar refractivity (Wildman–Crippen MR) is 42.0 cm³/mol. The van der Waals surface area contributed by atoms with Crippen LogP contribution >= 0.6 is 0 Å². The summed E-state index contributed by atoms with van der Waals surface area (Å²) in [5.41, 5.74) is 5.50. The smallest absolute Gasteiger partial charge is 0.00461 e. The van der Waals surface area contributed by atoms with Gasteiger partial charge in [-0.05, 0) is 31.2 Å². The van der Waals surface area contributed by atoms with Crippen LogP contribution in [0.25, 0.3) is 0 Å². The van der Waals surface area contributed by atoms with Gasteiger partial charge in [-0.3, -0.25) is 0 Å². The Balaban J connectivity index is 3.31. The Kier molecular flexibility index (Phi) is 4.78. The minimum absolute atomic E-state index is 0.630. The molecule has 0 aliphatic carbocycles. The van der Waals surface area contributed by atoms with E-state index in [4.69, 9.17) is 5.73 Å². The van der Waals surface area contributed by atoms with E-state index in [1.807, 2.05) is 0 Å². The molecule has 1 atom stereocenters. The maximum atomic E-state index is 5.50. The van der Waals surface area contributed by atoms with Crippen LogP contribution in [0.2, 0.25) is 0 Å². The van der Waals surface area contributed by atoms with Gasteiger partial charge in [0.2, 0.25) is 0 Å². The molecule has 0 spiro atoms. The second kappa shape index (κ2) is 4.80. The molecule has 0 aromatic heterocycles. The summed E-state index contributed by atoms with van der Waals surface area (Å²) in [7, 11) is 0. The van der Waals surface area contributed by atoms with Crippen molar-refractivity contribution in [3.05, 3.63) is 6.42 Å². The van der Waals surface area contributed by atoms with Gasteiger partial charge in [-0.15, -0.1) is 0 Å². The molecule has 2 N–H and O–H groups in total. The van der Waals surface area contributed by atoms with Crippen LogP contribution in [-0.4, -0.2) is 6.54 Å². The van der Waals surface area contributed by atoms with Gasteiger partial charge in [0.05, 0.1) is 0 Å². The lowest BCUT2D eigenvalue weighted by atomic mass is 9.95. The fourth-order valence-electron chi connectivity index (χ4n) is 0.974. The first kappa shape index (κ1) is 8.96. The van der Waals surface area contributed by atoms with Crippen LogP contribution in [0, 0.1) is 18.3 Å². The minimum atomic E-state index is 0.630. The van der Waals surface area contributed by atoms with Crippen LogP contribution in [0.5, 0.6) is 0 Å². The van der Waals surface area contributed by atoms with Gasteiger partial charge < -0.3 is 5.73 Å². The topological polar surface area (TPSA) is 26.0 Å². The first-order valence-electron chi connectivity index (χ1n) is 3.70. The fraction of sp³-hybridized carbons (Fsp3) is 0.875. The molecular weight excluding hydrogens is 110 g/mol. The summed E-state index contributed by atoms with van der Waals surface area (Å²) in [4.78, 5) is 0. The lowest BCUT2D eigenvalue weighted by Gasteiger charge is -2.13. The molecule has 0 unspecified atom stereocenters. The van der Waals surface area contributed by atoms with Gasteiger partial charge in [0.25, 0.3) is 0 Å². The molecule has 55 valence electrons. The number of rotatable bonds is 4. The molecule has 0 aromatic rings. The Hall–Kier alpha value is -0.0400. The van der Waals surface area contributed by atoms with Gasteiger partial charge in [0.15, 0.2) is 0 Å². The normalized spacial score (nSPS) is 14.3. The summed E-state index contributed by atoms with van der Waals surface area (Å²) < 4.78 is 0. The van der Waals surface area contributed by atoms with Crippen LogP contribution < -0.4 is 5.73 Å². The molecule has 0 aliphatic rings. The van der Waals surface area contributed by atoms with E-state index in [1.165, 1.54) is 6.42 Å². The fourth-order valence-corrected chi connectivity index (χ4v) is 0.974. The average molecular weight is 128 g/mol. The molecule has 0 amide bonds. The Labute approximate surface area is 58.6 Å². The van der Waals surface area contributed by atoms with Crippen LogP contribution in [0.15, 0.2) is 0 Å². The zero-order chi connectivity index (χ0) is 7.28. The standard InChI is InChI=1S/C8H18N/c1-4-8(6-9)5-7(2)3/h4,7-8H,5-6,9H2,1-3H3/t8-/m1/s1. The molecule has 1 heteroatoms. The van der Waals surface area contributed by atoms with Crippen molar-refractivity contribution in [2.24, 2.45) is 17.6 Å². The molecule has 0 aromatic carbocycles. The Morgan fingerprint density at radius 2 is 2.00 bits per heavy atom. The molecule has 0 bridgehead atoms. The highest BCUT2D eigenvalue weighted by atomic mass is 14.5. The Bertz CT molecular complexity index is 55.6. The first-order chi connectivity index (χ1) is 4.20. The number of hydrogen-bond acceptors (Lipinski definition) is 1. The summed E-state index contributed by atoms with van der Waals surface area (Å²) in [6.45, 7) is 7.34. The highest BCUT2D eigenvalue weighted by molar-refractivity contribution is 4.72. The van der Waals surface area contributed by atoms with E-state index in [0.717, 1.165) is 12.5 Å². The number of nitrogens with two attached hydrogens (primary N) is 1. The maximum absolute atomic E-state index is 5.50. The van der Waals surface area contributed by atoms with Crippen molar-refractivity contribution >= 4 is 0 Å². The van der Waals surface area contributed by atoms with E-state index in [9.17, 15) is 0 Å². The molecule has 0 saturated carbocycles. The summed E-state index contributed by atoms with van der Waals surface area (Å²) in [6, 6.07) is 0. The van der Waals surface area contributed by atoms with Crippen LogP contribution in [0.1, 0.15) is 27.2 Å². The summed E-state index contributed by atoms with van der Waals surface area (Å²) >= 11 is 0. The van der Waals surface area contributed by atoms with Crippen molar-refractivity contribution in [1.29, 1.82) is 0 Å². The van der Waals surface area contributed by atoms with E-state index in [1.54, 1.807) is 0 Å². The lowest BCUT2D eigenvalue weighted by Crippen LogP contribution is -2.15. The van der Waals surface area contributed by atoms with Gasteiger partial charge in [-0.1, -0.05) is 20.8 Å². The third-order valence-corrected chi connectivity index (χ3v) is 1.55. The third-order valence-electron chi connectivity index (χ3n) is 1.55. The van der Waals surface area contributed by atoms with Crippen molar-refractivity contribution in [2.75, 3.05) is 6.54 Å². The van der Waals surface area contributed by atoms with Crippen molar-refractivity contribution in [1.82, 2.24) is 0 Å². The Morgan fingerprint density at radius 1 is 1.44 bits per heavy atom. The van der Waals surface area contributed by atoms with Gasteiger partial charge in [0.1, 0.15) is 0 Å². The molecule has 0 aliphatic heterocycles. The molecule has 0 rings (SSSR count). The SMILES string of the molecule is C[CH][C@@H](CN)CC(C)C. The molecule has 1 radical (unpaired) electrons. The monoisotopic (exact) mass is 128 g/mol. The molecule has 9 heavy (non-hydrogen) atoms. The van der Waals surface area contributed by atoms with E-state index in [2.05, 4.69) is 27.2 Å². The molecule has 0 fully saturated rings. The van der Waals surface area contributed by atoms with Crippen molar-refractivity contribution < 1.29 is 0 Å². The van der Waals surface area contributed by atoms with Crippen LogP contribution in [0.4, 0.5) is 0 Å². The van der Waals surface area contributed by atoms with E-state index in [-0.39, 0.29) is 0 Å². The Morgan fingerprint density at radius 3 is 2.11 bits per heavy atom. The molecular formula is C8H18N. The van der Waals surface area contributed by atoms with Crippen molar-refractivity contribution in [3.63, 3.8) is 0 Å². The van der Waals surface area contributed by atoms with Gasteiger partial charge in [-0.25, -0.2) is 0 Å². The molecule has 0 saturated heterocycles. The summed E-state index contributed by atoms with van der Waals surface area (Å²) in [5.74, 6) is 1.40. The van der Waals surface area contributed by atoms with Gasteiger partial charge in [0, 0.05) is 0 Å². The zero-order valence-electron chi connectivity index (χ0n) is 6.72. The second-order valence-corrected chi connectivity index (χ2v) is 2.96. The third kappa shape index (κ3) is 4.46. The average Bonchev–Trinajstić information content (AvgIpc) is 1.82. The minimum Gasteiger partial charge on any atom is -0.330 e. The zero-order valence-corrected chi connectivity index (χ0v) is 6.72. The van der Waals surface area contributed by atoms with Crippen molar-refractivity contribution in [2.45, 2.75) is 27.2 Å². The maximum Gasteiger partial charge on any atom is -0.00461 e. The predicted octanol–water partition coefficient (Wildman–Crippen LogP) is 1.83. The lowest BCUT2D eigenvalue weighted by molar-refractivity contribution is 0.460. The van der Waals surface area contributed by atoms with E-state index < -0.39 is 0 Å².